The van der Waals surface area contributed by atoms with Crippen molar-refractivity contribution in [2.75, 3.05) is 20.8 Å². The maximum Gasteiger partial charge on any atom is 0.251 e. The fourth-order valence-corrected chi connectivity index (χ4v) is 2.48. The third kappa shape index (κ3) is 3.32. The van der Waals surface area contributed by atoms with Gasteiger partial charge in [-0.1, -0.05) is 0 Å². The second kappa shape index (κ2) is 6.95. The van der Waals surface area contributed by atoms with E-state index in [4.69, 9.17) is 19.3 Å². The first-order chi connectivity index (χ1) is 10.5. The van der Waals surface area contributed by atoms with E-state index in [9.17, 15) is 9.90 Å². The molecule has 22 heavy (non-hydrogen) atoms. The van der Waals surface area contributed by atoms with Gasteiger partial charge in [-0.15, -0.1) is 0 Å². The Labute approximate surface area is 128 Å². The molecule has 4 atom stereocenters. The number of ether oxygens (including phenoxy) is 3. The van der Waals surface area contributed by atoms with E-state index in [-0.39, 0.29) is 12.5 Å². The number of carbonyl (C=O) groups is 1. The molecule has 0 aliphatic carbocycles. The van der Waals surface area contributed by atoms with E-state index in [0.29, 0.717) is 17.1 Å². The third-order valence-electron chi connectivity index (χ3n) is 3.74. The van der Waals surface area contributed by atoms with Gasteiger partial charge in [0, 0.05) is 11.6 Å². The quantitative estimate of drug-likeness (QED) is 0.705. The van der Waals surface area contributed by atoms with Gasteiger partial charge in [0.1, 0.15) is 23.7 Å². The first-order valence-electron chi connectivity index (χ1n) is 6.98. The number of aliphatic hydroxyl groups excluding tert-OH is 2. The Kier molecular flexibility index (Phi) is 5.23. The molecule has 7 nitrogen and oxygen atoms in total. The molecule has 0 spiro atoms. The van der Waals surface area contributed by atoms with Crippen LogP contribution < -0.4 is 14.8 Å². The molecule has 1 heterocycles. The summed E-state index contributed by atoms with van der Waals surface area (Å²) in [5.74, 6) is 0.610. The highest BCUT2D eigenvalue weighted by Gasteiger charge is 2.41. The van der Waals surface area contributed by atoms with Crippen LogP contribution in [0.2, 0.25) is 0 Å². The van der Waals surface area contributed by atoms with Crippen LogP contribution in [0.5, 0.6) is 11.5 Å². The van der Waals surface area contributed by atoms with Gasteiger partial charge in [-0.3, -0.25) is 4.79 Å². The number of benzene rings is 1. The molecule has 1 amide bonds. The number of nitrogens with one attached hydrogen (secondary N) is 1. The van der Waals surface area contributed by atoms with Crippen LogP contribution in [-0.4, -0.2) is 61.3 Å². The largest absolute Gasteiger partial charge is 0.497 e. The Morgan fingerprint density at radius 3 is 2.32 bits per heavy atom. The highest BCUT2D eigenvalue weighted by atomic mass is 16.5. The zero-order valence-corrected chi connectivity index (χ0v) is 12.8. The van der Waals surface area contributed by atoms with Gasteiger partial charge in [0.2, 0.25) is 0 Å². The maximum absolute atomic E-state index is 12.4. The van der Waals surface area contributed by atoms with Gasteiger partial charge in [0.25, 0.3) is 5.91 Å². The van der Waals surface area contributed by atoms with Crippen molar-refractivity contribution in [1.29, 1.82) is 0 Å². The monoisotopic (exact) mass is 311 g/mol. The lowest BCUT2D eigenvalue weighted by atomic mass is 10.0. The van der Waals surface area contributed by atoms with Gasteiger partial charge >= 0.3 is 0 Å². The summed E-state index contributed by atoms with van der Waals surface area (Å²) in [7, 11) is 3.00. The minimum absolute atomic E-state index is 0.301. The molecule has 0 radical (unpaired) electrons. The van der Waals surface area contributed by atoms with Crippen molar-refractivity contribution in [3.8, 4) is 11.5 Å². The second-order valence-corrected chi connectivity index (χ2v) is 5.15. The highest BCUT2D eigenvalue weighted by molar-refractivity contribution is 5.95. The number of hydrogen-bond donors (Lipinski definition) is 3. The van der Waals surface area contributed by atoms with E-state index in [2.05, 4.69) is 5.32 Å². The molecule has 0 saturated carbocycles. The number of rotatable bonds is 5. The lowest BCUT2D eigenvalue weighted by Gasteiger charge is -2.20. The van der Waals surface area contributed by atoms with Gasteiger partial charge in [-0.05, 0) is 19.1 Å². The molecule has 2 rings (SSSR count). The molecule has 1 unspecified atom stereocenters. The minimum atomic E-state index is -0.962. The van der Waals surface area contributed by atoms with Gasteiger partial charge in [-0.2, -0.15) is 0 Å². The van der Waals surface area contributed by atoms with Crippen molar-refractivity contribution >= 4 is 5.91 Å². The zero-order chi connectivity index (χ0) is 16.3. The molecule has 1 aromatic rings. The van der Waals surface area contributed by atoms with Crippen LogP contribution in [0, 0.1) is 0 Å². The first kappa shape index (κ1) is 16.5. The number of aliphatic hydroxyl groups is 2. The summed E-state index contributed by atoms with van der Waals surface area (Å²) in [6.07, 6.45) is -2.06. The molecule has 7 heteroatoms. The summed E-state index contributed by atoms with van der Waals surface area (Å²) < 4.78 is 15.7. The van der Waals surface area contributed by atoms with E-state index >= 15 is 0 Å². The van der Waals surface area contributed by atoms with Gasteiger partial charge < -0.3 is 29.7 Å². The summed E-state index contributed by atoms with van der Waals surface area (Å²) in [4.78, 5) is 12.4. The number of hydrogen-bond acceptors (Lipinski definition) is 6. The van der Waals surface area contributed by atoms with Crippen LogP contribution in [0.25, 0.3) is 0 Å². The summed E-state index contributed by atoms with van der Waals surface area (Å²) in [5.41, 5.74) is 0.350. The minimum Gasteiger partial charge on any atom is -0.497 e. The average Bonchev–Trinajstić information content (AvgIpc) is 2.81. The predicted molar refractivity (Wildman–Crippen MR) is 78.2 cm³/mol. The molecule has 3 N–H and O–H groups in total. The Bertz CT molecular complexity index is 513. The van der Waals surface area contributed by atoms with Crippen LogP contribution in [0.4, 0.5) is 0 Å². The molecule has 1 aliphatic heterocycles. The van der Waals surface area contributed by atoms with Gasteiger partial charge in [-0.25, -0.2) is 0 Å². The van der Waals surface area contributed by atoms with Crippen LogP contribution in [0.15, 0.2) is 18.2 Å². The molecular formula is C15H21NO6. The standard InChI is InChI=1S/C15H21NO6/c1-8-13(14(18)12(7-17)22-8)16-15(19)9-4-10(20-2)6-11(5-9)21-3/h4-6,8,12-14,17-18H,7H2,1-3H3,(H,16,19)/t8-,12+,13?,14-/m0/s1. The Balaban J connectivity index is 2.15. The van der Waals surface area contributed by atoms with Crippen LogP contribution in [0.1, 0.15) is 17.3 Å². The fourth-order valence-electron chi connectivity index (χ4n) is 2.48. The smallest absolute Gasteiger partial charge is 0.251 e. The summed E-state index contributed by atoms with van der Waals surface area (Å²) in [5, 5.41) is 21.9. The zero-order valence-electron chi connectivity index (χ0n) is 12.8. The summed E-state index contributed by atoms with van der Waals surface area (Å²) in [6, 6.07) is 4.22. The van der Waals surface area contributed by atoms with Crippen molar-refractivity contribution < 1.29 is 29.2 Å². The van der Waals surface area contributed by atoms with Crippen molar-refractivity contribution in [3.05, 3.63) is 23.8 Å². The van der Waals surface area contributed by atoms with Crippen molar-refractivity contribution in [2.24, 2.45) is 0 Å². The predicted octanol–water partition coefficient (Wildman–Crippen LogP) is -0.0573. The van der Waals surface area contributed by atoms with E-state index in [1.807, 2.05) is 0 Å². The molecule has 1 saturated heterocycles. The van der Waals surface area contributed by atoms with Crippen molar-refractivity contribution in [1.82, 2.24) is 5.32 Å². The second-order valence-electron chi connectivity index (χ2n) is 5.15. The molecular weight excluding hydrogens is 290 g/mol. The van der Waals surface area contributed by atoms with Gasteiger partial charge in [0.05, 0.1) is 33.0 Å². The first-order valence-corrected chi connectivity index (χ1v) is 6.98. The van der Waals surface area contributed by atoms with E-state index < -0.39 is 24.4 Å². The van der Waals surface area contributed by atoms with Gasteiger partial charge in [0.15, 0.2) is 0 Å². The Morgan fingerprint density at radius 1 is 1.27 bits per heavy atom. The molecule has 1 aliphatic rings. The lowest BCUT2D eigenvalue weighted by Crippen LogP contribution is -2.47. The fraction of sp³-hybridized carbons (Fsp3) is 0.533. The third-order valence-corrected chi connectivity index (χ3v) is 3.74. The highest BCUT2D eigenvalue weighted by Crippen LogP contribution is 2.24. The Hall–Kier alpha value is -1.83. The maximum atomic E-state index is 12.4. The van der Waals surface area contributed by atoms with Crippen LogP contribution >= 0.6 is 0 Å². The Morgan fingerprint density at radius 2 is 1.86 bits per heavy atom. The van der Waals surface area contributed by atoms with Crippen molar-refractivity contribution in [3.63, 3.8) is 0 Å². The van der Waals surface area contributed by atoms with Crippen molar-refractivity contribution in [2.45, 2.75) is 31.3 Å². The van der Waals surface area contributed by atoms with Crippen LogP contribution in [-0.2, 0) is 4.74 Å². The SMILES string of the molecule is COc1cc(OC)cc(C(=O)NC2[C@H](C)O[C@H](CO)[C@@H]2O)c1. The number of amides is 1. The summed E-state index contributed by atoms with van der Waals surface area (Å²) >= 11 is 0. The average molecular weight is 311 g/mol. The summed E-state index contributed by atoms with van der Waals surface area (Å²) in [6.45, 7) is 1.43. The molecule has 0 aromatic heterocycles. The number of methoxy groups -OCH3 is 2. The number of carbonyl (C=O) groups excluding carboxylic acids is 1. The van der Waals surface area contributed by atoms with E-state index in [0.717, 1.165) is 0 Å². The lowest BCUT2D eigenvalue weighted by molar-refractivity contribution is -0.0170. The van der Waals surface area contributed by atoms with E-state index in [1.165, 1.54) is 14.2 Å². The topological polar surface area (TPSA) is 97.3 Å². The molecule has 1 aromatic carbocycles. The van der Waals surface area contributed by atoms with E-state index in [1.54, 1.807) is 25.1 Å². The molecule has 0 bridgehead atoms. The van der Waals surface area contributed by atoms with Crippen LogP contribution in [0.3, 0.4) is 0 Å². The molecule has 122 valence electrons. The normalized spacial score (nSPS) is 27.5. The molecule has 1 fully saturated rings.